The van der Waals surface area contributed by atoms with Crippen molar-refractivity contribution >= 4 is 22.5 Å². The van der Waals surface area contributed by atoms with Crippen LogP contribution in [0, 0.1) is 0 Å². The number of carbonyl (C=O) groups excluding carboxylic acids is 2. The largest absolute Gasteiger partial charge is 0.493 e. The molecule has 0 amide bonds. The number of benzene rings is 3. The predicted molar refractivity (Wildman–Crippen MR) is 100 cm³/mol. The quantitative estimate of drug-likeness (QED) is 0.464. The van der Waals surface area contributed by atoms with Gasteiger partial charge in [-0.3, -0.25) is 9.59 Å². The molecule has 0 atom stereocenters. The van der Waals surface area contributed by atoms with Gasteiger partial charge in [-0.25, -0.2) is 0 Å². The molecule has 0 saturated heterocycles. The number of hydrogen-bond acceptors (Lipinski definition) is 4. The summed E-state index contributed by atoms with van der Waals surface area (Å²) in [6, 6.07) is 20.8. The first-order chi connectivity index (χ1) is 12.6. The molecule has 0 aliphatic rings. The second-order valence-electron chi connectivity index (χ2n) is 5.98. The van der Waals surface area contributed by atoms with E-state index in [0.29, 0.717) is 11.3 Å². The summed E-state index contributed by atoms with van der Waals surface area (Å²) in [5.41, 5.74) is 1.61. The van der Waals surface area contributed by atoms with Crippen LogP contribution in [0.25, 0.3) is 10.8 Å². The average molecular weight is 348 g/mol. The average Bonchev–Trinajstić information content (AvgIpc) is 2.66. The van der Waals surface area contributed by atoms with Crippen LogP contribution in [0.1, 0.15) is 29.3 Å². The predicted octanol–water partition coefficient (Wildman–Crippen LogP) is 4.55. The maximum Gasteiger partial charge on any atom is 0.309 e. The molecule has 3 rings (SSSR count). The number of carbonyl (C=O) groups is 2. The van der Waals surface area contributed by atoms with E-state index in [1.54, 1.807) is 24.3 Å². The number of fused-ring (bicyclic) bond motifs is 1. The zero-order valence-electron chi connectivity index (χ0n) is 14.6. The van der Waals surface area contributed by atoms with E-state index >= 15 is 0 Å². The minimum atomic E-state index is -0.307. The minimum Gasteiger partial charge on any atom is -0.493 e. The van der Waals surface area contributed by atoms with Crippen LogP contribution >= 0.6 is 0 Å². The number of rotatable bonds is 7. The molecule has 3 aromatic carbocycles. The lowest BCUT2D eigenvalue weighted by atomic mass is 10.1. The molecule has 0 spiro atoms. The third-order valence-corrected chi connectivity index (χ3v) is 4.10. The number of Topliss-reactive ketones (excluding diaryl/α,β-unsaturated/α-hetero) is 1. The highest BCUT2D eigenvalue weighted by atomic mass is 16.5. The van der Waals surface area contributed by atoms with Crippen molar-refractivity contribution in [1.29, 1.82) is 0 Å². The Morgan fingerprint density at radius 2 is 1.62 bits per heavy atom. The Balaban J connectivity index is 1.47. The van der Waals surface area contributed by atoms with Crippen molar-refractivity contribution in [1.82, 2.24) is 0 Å². The van der Waals surface area contributed by atoms with Crippen LogP contribution in [0.3, 0.4) is 0 Å². The highest BCUT2D eigenvalue weighted by Crippen LogP contribution is 2.19. The maximum atomic E-state index is 11.9. The van der Waals surface area contributed by atoms with Gasteiger partial charge in [-0.15, -0.1) is 0 Å². The summed E-state index contributed by atoms with van der Waals surface area (Å²) >= 11 is 0. The first kappa shape index (κ1) is 17.7. The van der Waals surface area contributed by atoms with Gasteiger partial charge in [-0.2, -0.15) is 0 Å². The molecule has 0 unspecified atom stereocenters. The fourth-order valence-corrected chi connectivity index (χ4v) is 2.69. The third kappa shape index (κ3) is 4.48. The van der Waals surface area contributed by atoms with Crippen LogP contribution < -0.4 is 4.74 Å². The van der Waals surface area contributed by atoms with Gasteiger partial charge in [0, 0.05) is 5.56 Å². The van der Waals surface area contributed by atoms with Crippen LogP contribution in [0.15, 0.2) is 66.7 Å². The highest BCUT2D eigenvalue weighted by Gasteiger charge is 2.07. The monoisotopic (exact) mass is 348 g/mol. The molecular weight excluding hydrogens is 328 g/mol. The molecule has 0 aromatic heterocycles. The Bertz CT molecular complexity index is 908. The molecule has 0 aliphatic carbocycles. The Kier molecular flexibility index (Phi) is 5.64. The lowest BCUT2D eigenvalue weighted by Gasteiger charge is -2.09. The molecule has 26 heavy (non-hydrogen) atoms. The summed E-state index contributed by atoms with van der Waals surface area (Å²) in [6.45, 7) is 1.99. The lowest BCUT2D eigenvalue weighted by molar-refractivity contribution is -0.145. The van der Waals surface area contributed by atoms with Gasteiger partial charge in [0.15, 0.2) is 5.78 Å². The molecule has 3 aromatic rings. The molecule has 0 fully saturated rings. The first-order valence-electron chi connectivity index (χ1n) is 8.49. The molecular formula is C22H20O4. The summed E-state index contributed by atoms with van der Waals surface area (Å²) in [6.07, 6.45) is 0.166. The van der Waals surface area contributed by atoms with Crippen LogP contribution in [-0.4, -0.2) is 18.4 Å². The summed E-state index contributed by atoms with van der Waals surface area (Å²) in [5.74, 6) is 0.323. The van der Waals surface area contributed by atoms with E-state index in [0.717, 1.165) is 16.3 Å². The second kappa shape index (κ2) is 8.30. The topological polar surface area (TPSA) is 52.6 Å². The van der Waals surface area contributed by atoms with Gasteiger partial charge in [0.25, 0.3) is 0 Å². The van der Waals surface area contributed by atoms with Crippen LogP contribution in [-0.2, 0) is 16.1 Å². The normalized spacial score (nSPS) is 10.5. The Morgan fingerprint density at radius 1 is 0.885 bits per heavy atom. The van der Waals surface area contributed by atoms with E-state index in [1.165, 1.54) is 6.92 Å². The molecule has 0 aliphatic heterocycles. The zero-order valence-corrected chi connectivity index (χ0v) is 14.6. The van der Waals surface area contributed by atoms with Crippen LogP contribution in [0.5, 0.6) is 5.75 Å². The lowest BCUT2D eigenvalue weighted by Crippen LogP contribution is -2.10. The second-order valence-corrected chi connectivity index (χ2v) is 5.98. The van der Waals surface area contributed by atoms with Gasteiger partial charge >= 0.3 is 5.97 Å². The van der Waals surface area contributed by atoms with Gasteiger partial charge in [0.2, 0.25) is 0 Å². The van der Waals surface area contributed by atoms with Crippen molar-refractivity contribution in [3.8, 4) is 5.75 Å². The molecule has 4 nitrogen and oxygen atoms in total. The summed E-state index contributed by atoms with van der Waals surface area (Å²) in [5, 5.41) is 2.21. The number of esters is 1. The Hall–Kier alpha value is -3.14. The van der Waals surface area contributed by atoms with Gasteiger partial charge in [-0.1, -0.05) is 42.5 Å². The fraction of sp³-hybridized carbons (Fsp3) is 0.182. The molecule has 0 saturated carbocycles. The van der Waals surface area contributed by atoms with Crippen LogP contribution in [0.4, 0.5) is 0 Å². The number of hydrogen-bond donors (Lipinski definition) is 0. The standard InChI is InChI=1S/C22H20O4/c1-16(23)17-9-11-20(12-10-17)25-14-13-22(24)26-15-19-7-4-6-18-5-2-3-8-21(18)19/h2-12H,13-15H2,1H3. The van der Waals surface area contributed by atoms with Gasteiger partial charge in [-0.05, 0) is 47.5 Å². The number of ketones is 1. The van der Waals surface area contributed by atoms with Crippen molar-refractivity contribution in [2.45, 2.75) is 20.0 Å². The van der Waals surface area contributed by atoms with Crippen molar-refractivity contribution in [2.24, 2.45) is 0 Å². The zero-order chi connectivity index (χ0) is 18.4. The van der Waals surface area contributed by atoms with Crippen LogP contribution in [0.2, 0.25) is 0 Å². The van der Waals surface area contributed by atoms with E-state index in [-0.39, 0.29) is 31.4 Å². The smallest absolute Gasteiger partial charge is 0.309 e. The third-order valence-electron chi connectivity index (χ3n) is 4.10. The molecule has 132 valence electrons. The molecule has 4 heteroatoms. The van der Waals surface area contributed by atoms with Gasteiger partial charge in [0.05, 0.1) is 13.0 Å². The number of ether oxygens (including phenoxy) is 2. The highest BCUT2D eigenvalue weighted by molar-refractivity contribution is 5.94. The molecule has 0 bridgehead atoms. The van der Waals surface area contributed by atoms with Crippen molar-refractivity contribution in [3.05, 3.63) is 77.9 Å². The SMILES string of the molecule is CC(=O)c1ccc(OCCC(=O)OCc2cccc3ccccc23)cc1. The van der Waals surface area contributed by atoms with Crippen molar-refractivity contribution in [3.63, 3.8) is 0 Å². The van der Waals surface area contributed by atoms with E-state index in [1.807, 2.05) is 42.5 Å². The van der Waals surface area contributed by atoms with E-state index in [9.17, 15) is 9.59 Å². The first-order valence-corrected chi connectivity index (χ1v) is 8.49. The summed E-state index contributed by atoms with van der Waals surface area (Å²) in [4.78, 5) is 23.2. The van der Waals surface area contributed by atoms with Crippen molar-refractivity contribution < 1.29 is 19.1 Å². The van der Waals surface area contributed by atoms with E-state index in [4.69, 9.17) is 9.47 Å². The molecule has 0 N–H and O–H groups in total. The minimum absolute atomic E-state index is 0.00793. The Labute approximate surface area is 152 Å². The Morgan fingerprint density at radius 3 is 2.38 bits per heavy atom. The van der Waals surface area contributed by atoms with Gasteiger partial charge < -0.3 is 9.47 Å². The van der Waals surface area contributed by atoms with Gasteiger partial charge in [0.1, 0.15) is 12.4 Å². The summed E-state index contributed by atoms with van der Waals surface area (Å²) < 4.78 is 10.9. The van der Waals surface area contributed by atoms with Crippen molar-refractivity contribution in [2.75, 3.05) is 6.61 Å². The summed E-state index contributed by atoms with van der Waals surface area (Å²) in [7, 11) is 0. The van der Waals surface area contributed by atoms with E-state index in [2.05, 4.69) is 0 Å². The maximum absolute atomic E-state index is 11.9. The van der Waals surface area contributed by atoms with E-state index < -0.39 is 0 Å². The fourth-order valence-electron chi connectivity index (χ4n) is 2.69. The molecule has 0 heterocycles. The molecule has 0 radical (unpaired) electrons.